The van der Waals surface area contributed by atoms with Crippen LogP contribution in [0.4, 0.5) is 5.82 Å². The molecule has 0 fully saturated rings. The van der Waals surface area contributed by atoms with Crippen LogP contribution in [0.25, 0.3) is 0 Å². The molecule has 0 radical (unpaired) electrons. The molecule has 0 aliphatic rings. The van der Waals surface area contributed by atoms with Crippen molar-refractivity contribution in [2.75, 3.05) is 12.8 Å². The average molecular weight is 230 g/mol. The molecule has 0 aliphatic carbocycles. The van der Waals surface area contributed by atoms with Gasteiger partial charge in [0.25, 0.3) is 0 Å². The van der Waals surface area contributed by atoms with Crippen LogP contribution in [0.1, 0.15) is 11.1 Å². The number of ether oxygens (including phenoxy) is 1. The van der Waals surface area contributed by atoms with Gasteiger partial charge >= 0.3 is 0 Å². The van der Waals surface area contributed by atoms with E-state index in [4.69, 9.17) is 10.5 Å². The third-order valence-corrected chi connectivity index (χ3v) is 2.49. The quantitative estimate of drug-likeness (QED) is 0.840. The van der Waals surface area contributed by atoms with Gasteiger partial charge in [0.15, 0.2) is 0 Å². The number of aromatic nitrogens is 1. The number of pyridine rings is 1. The molecule has 0 bridgehead atoms. The van der Waals surface area contributed by atoms with Gasteiger partial charge in [-0.1, -0.05) is 12.1 Å². The molecule has 0 aliphatic heterocycles. The van der Waals surface area contributed by atoms with E-state index in [9.17, 15) is 4.79 Å². The summed E-state index contributed by atoms with van der Waals surface area (Å²) in [4.78, 5) is 13.8. The molecule has 2 aromatic rings. The molecule has 1 aromatic carbocycles. The summed E-state index contributed by atoms with van der Waals surface area (Å²) in [5.41, 5.74) is 7.42. The van der Waals surface area contributed by atoms with E-state index in [0.717, 1.165) is 16.9 Å². The molecule has 1 aromatic heterocycles. The minimum Gasteiger partial charge on any atom is -0.497 e. The number of hydrogen-bond acceptors (Lipinski definition) is 3. The Hall–Kier alpha value is -2.23. The fourth-order valence-electron chi connectivity index (χ4n) is 1.71. The highest BCUT2D eigenvalue weighted by molar-refractivity contribution is 5.36. The van der Waals surface area contributed by atoms with Gasteiger partial charge < -0.3 is 15.5 Å². The molecular weight excluding hydrogens is 216 g/mol. The van der Waals surface area contributed by atoms with E-state index in [0.29, 0.717) is 12.2 Å². The maximum atomic E-state index is 11.2. The molecule has 3 N–H and O–H groups in total. The molecule has 2 rings (SSSR count). The summed E-state index contributed by atoms with van der Waals surface area (Å²) in [5, 5.41) is 0. The van der Waals surface area contributed by atoms with Crippen molar-refractivity contribution >= 4 is 5.82 Å². The van der Waals surface area contributed by atoms with Gasteiger partial charge in [-0.2, -0.15) is 0 Å². The second-order valence-electron chi connectivity index (χ2n) is 3.83. The lowest BCUT2D eigenvalue weighted by molar-refractivity contribution is 0.414. The number of anilines is 1. The summed E-state index contributed by atoms with van der Waals surface area (Å²) in [6, 6.07) is 11.1. The van der Waals surface area contributed by atoms with Crippen LogP contribution in [0, 0.1) is 0 Å². The van der Waals surface area contributed by atoms with Crippen LogP contribution >= 0.6 is 0 Å². The third-order valence-electron chi connectivity index (χ3n) is 2.49. The van der Waals surface area contributed by atoms with Gasteiger partial charge in [0, 0.05) is 6.07 Å². The number of nitrogens with one attached hydrogen (secondary N) is 1. The highest BCUT2D eigenvalue weighted by atomic mass is 16.5. The first-order valence-electron chi connectivity index (χ1n) is 5.29. The third kappa shape index (κ3) is 2.87. The normalized spacial score (nSPS) is 10.2. The molecule has 0 saturated carbocycles. The Morgan fingerprint density at radius 2 is 1.88 bits per heavy atom. The maximum Gasteiger partial charge on any atom is 0.249 e. The highest BCUT2D eigenvalue weighted by Crippen LogP contribution is 2.14. The van der Waals surface area contributed by atoms with Crippen molar-refractivity contribution in [1.29, 1.82) is 0 Å². The summed E-state index contributed by atoms with van der Waals surface area (Å²) >= 11 is 0. The van der Waals surface area contributed by atoms with Crippen molar-refractivity contribution in [3.05, 3.63) is 57.9 Å². The Morgan fingerprint density at radius 1 is 1.18 bits per heavy atom. The largest absolute Gasteiger partial charge is 0.497 e. The first-order valence-corrected chi connectivity index (χ1v) is 5.29. The van der Waals surface area contributed by atoms with Crippen molar-refractivity contribution in [3.63, 3.8) is 0 Å². The van der Waals surface area contributed by atoms with Crippen molar-refractivity contribution in [2.24, 2.45) is 0 Å². The van der Waals surface area contributed by atoms with Gasteiger partial charge in [-0.3, -0.25) is 4.79 Å². The standard InChI is InChI=1S/C13H14N2O2/c1-17-11-4-2-9(3-5-11)6-10-7-12(14)15-13(16)8-10/h2-5,7-8H,6H2,1H3,(H3,14,15,16). The number of nitrogen functional groups attached to an aromatic ring is 1. The lowest BCUT2D eigenvalue weighted by atomic mass is 10.1. The number of benzene rings is 1. The van der Waals surface area contributed by atoms with E-state index in [1.165, 1.54) is 0 Å². The smallest absolute Gasteiger partial charge is 0.249 e. The minimum absolute atomic E-state index is 0.173. The predicted molar refractivity (Wildman–Crippen MR) is 67.3 cm³/mol. The Kier molecular flexibility index (Phi) is 3.14. The van der Waals surface area contributed by atoms with E-state index >= 15 is 0 Å². The Balaban J connectivity index is 2.22. The zero-order valence-electron chi connectivity index (χ0n) is 9.57. The number of methoxy groups -OCH3 is 1. The number of aromatic amines is 1. The summed E-state index contributed by atoms with van der Waals surface area (Å²) in [6.45, 7) is 0. The van der Waals surface area contributed by atoms with Crippen LogP contribution in [-0.4, -0.2) is 12.1 Å². The summed E-state index contributed by atoms with van der Waals surface area (Å²) in [5.74, 6) is 1.21. The van der Waals surface area contributed by atoms with Gasteiger partial charge in [-0.05, 0) is 35.7 Å². The first kappa shape index (κ1) is 11.3. The Morgan fingerprint density at radius 3 is 2.47 bits per heavy atom. The topological polar surface area (TPSA) is 68.1 Å². The van der Waals surface area contributed by atoms with Crippen LogP contribution in [0.3, 0.4) is 0 Å². The second-order valence-corrected chi connectivity index (χ2v) is 3.83. The predicted octanol–water partition coefficient (Wildman–Crippen LogP) is 1.56. The van der Waals surface area contributed by atoms with Crippen molar-refractivity contribution in [1.82, 2.24) is 4.98 Å². The van der Waals surface area contributed by atoms with E-state index < -0.39 is 0 Å². The number of rotatable bonds is 3. The lowest BCUT2D eigenvalue weighted by Gasteiger charge is -2.04. The van der Waals surface area contributed by atoms with Crippen molar-refractivity contribution < 1.29 is 4.74 Å². The molecule has 0 unspecified atom stereocenters. The zero-order chi connectivity index (χ0) is 12.3. The highest BCUT2D eigenvalue weighted by Gasteiger charge is 2.00. The molecular formula is C13H14N2O2. The number of hydrogen-bond donors (Lipinski definition) is 2. The van der Waals surface area contributed by atoms with Crippen LogP contribution in [-0.2, 0) is 6.42 Å². The zero-order valence-corrected chi connectivity index (χ0v) is 9.57. The number of H-pyrrole nitrogens is 1. The number of nitrogens with two attached hydrogens (primary N) is 1. The van der Waals surface area contributed by atoms with Gasteiger partial charge in [0.2, 0.25) is 5.56 Å². The second kappa shape index (κ2) is 4.74. The van der Waals surface area contributed by atoms with E-state index in [-0.39, 0.29) is 5.56 Å². The molecule has 0 saturated heterocycles. The molecule has 0 atom stereocenters. The van der Waals surface area contributed by atoms with Gasteiger partial charge in [0.1, 0.15) is 11.6 Å². The Labute approximate surface area is 99.1 Å². The van der Waals surface area contributed by atoms with E-state index in [1.807, 2.05) is 24.3 Å². The molecule has 4 heteroatoms. The average Bonchev–Trinajstić information content (AvgIpc) is 2.28. The fraction of sp³-hybridized carbons (Fsp3) is 0.154. The summed E-state index contributed by atoms with van der Waals surface area (Å²) in [6.07, 6.45) is 0.679. The molecule has 0 spiro atoms. The molecule has 17 heavy (non-hydrogen) atoms. The first-order chi connectivity index (χ1) is 8.17. The molecule has 88 valence electrons. The van der Waals surface area contributed by atoms with Crippen LogP contribution in [0.5, 0.6) is 5.75 Å². The molecule has 4 nitrogen and oxygen atoms in total. The maximum absolute atomic E-state index is 11.2. The van der Waals surface area contributed by atoms with Crippen LogP contribution < -0.4 is 16.0 Å². The monoisotopic (exact) mass is 230 g/mol. The van der Waals surface area contributed by atoms with E-state index in [1.54, 1.807) is 19.2 Å². The lowest BCUT2D eigenvalue weighted by Crippen LogP contribution is -2.09. The van der Waals surface area contributed by atoms with Crippen molar-refractivity contribution in [3.8, 4) is 5.75 Å². The fourth-order valence-corrected chi connectivity index (χ4v) is 1.71. The van der Waals surface area contributed by atoms with E-state index in [2.05, 4.69) is 4.98 Å². The Bertz CT molecular complexity index is 558. The van der Waals surface area contributed by atoms with Crippen molar-refractivity contribution in [2.45, 2.75) is 6.42 Å². The van der Waals surface area contributed by atoms with Gasteiger partial charge in [0.05, 0.1) is 7.11 Å². The van der Waals surface area contributed by atoms with Gasteiger partial charge in [-0.15, -0.1) is 0 Å². The SMILES string of the molecule is COc1ccc(Cc2cc(N)[nH]c(=O)c2)cc1. The van der Waals surface area contributed by atoms with Crippen LogP contribution in [0.2, 0.25) is 0 Å². The minimum atomic E-state index is -0.173. The summed E-state index contributed by atoms with van der Waals surface area (Å²) in [7, 11) is 1.63. The molecule has 1 heterocycles. The summed E-state index contributed by atoms with van der Waals surface area (Å²) < 4.78 is 5.08. The van der Waals surface area contributed by atoms with Gasteiger partial charge in [-0.25, -0.2) is 0 Å². The molecule has 0 amide bonds. The van der Waals surface area contributed by atoms with Crippen LogP contribution in [0.15, 0.2) is 41.2 Å².